The van der Waals surface area contributed by atoms with Crippen LogP contribution in [0.4, 0.5) is 5.69 Å². The molecule has 1 aromatic rings. The van der Waals surface area contributed by atoms with Crippen molar-refractivity contribution in [1.29, 1.82) is 0 Å². The lowest BCUT2D eigenvalue weighted by atomic mass is 9.96. The zero-order chi connectivity index (χ0) is 18.5. The lowest BCUT2D eigenvalue weighted by molar-refractivity contribution is -0.131. The molecule has 0 bridgehead atoms. The predicted molar refractivity (Wildman–Crippen MR) is 94.8 cm³/mol. The summed E-state index contributed by atoms with van der Waals surface area (Å²) in [6, 6.07) is 3.98. The van der Waals surface area contributed by atoms with Crippen molar-refractivity contribution in [3.8, 4) is 0 Å². The first-order valence-electron chi connectivity index (χ1n) is 7.93. The Kier molecular flexibility index (Phi) is 6.51. The maximum Gasteiger partial charge on any atom is 0.243 e. The quantitative estimate of drug-likeness (QED) is 0.768. The minimum atomic E-state index is -0.557. The molecule has 3 N–H and O–H groups in total. The molecule has 0 unspecified atom stereocenters. The first kappa shape index (κ1) is 19.7. The van der Waals surface area contributed by atoms with Crippen LogP contribution < -0.4 is 16.0 Å². The van der Waals surface area contributed by atoms with Crippen molar-refractivity contribution in [3.05, 3.63) is 28.8 Å². The highest BCUT2D eigenvalue weighted by Gasteiger charge is 2.21. The molecule has 0 aliphatic heterocycles. The zero-order valence-corrected chi connectivity index (χ0v) is 15.3. The van der Waals surface area contributed by atoms with E-state index in [-0.39, 0.29) is 24.9 Å². The summed E-state index contributed by atoms with van der Waals surface area (Å²) in [6.07, 6.45) is 0. The monoisotopic (exact) mass is 333 g/mol. The Morgan fingerprint density at radius 3 is 1.88 bits per heavy atom. The SMILES string of the molecule is Cc1cc(C)c(NC(=O)CNC(=O)CNC(=O)C(C)(C)C)c(C)c1. The standard InChI is InChI=1S/C18H27N3O3/c1-11-7-12(2)16(13(3)8-11)21-15(23)10-19-14(22)9-20-17(24)18(4,5)6/h7-8H,9-10H2,1-6H3,(H,19,22)(H,20,24)(H,21,23). The van der Waals surface area contributed by atoms with Gasteiger partial charge in [-0.05, 0) is 31.9 Å². The number of hydrogen-bond acceptors (Lipinski definition) is 3. The molecule has 3 amide bonds. The van der Waals surface area contributed by atoms with E-state index >= 15 is 0 Å². The Balaban J connectivity index is 2.47. The number of benzene rings is 1. The molecular formula is C18H27N3O3. The smallest absolute Gasteiger partial charge is 0.243 e. The highest BCUT2D eigenvalue weighted by Crippen LogP contribution is 2.21. The number of hydrogen-bond donors (Lipinski definition) is 3. The molecule has 6 nitrogen and oxygen atoms in total. The zero-order valence-electron chi connectivity index (χ0n) is 15.3. The average Bonchev–Trinajstić information content (AvgIpc) is 2.45. The van der Waals surface area contributed by atoms with Crippen molar-refractivity contribution in [2.24, 2.45) is 5.41 Å². The van der Waals surface area contributed by atoms with Gasteiger partial charge in [0.15, 0.2) is 0 Å². The summed E-state index contributed by atoms with van der Waals surface area (Å²) in [4.78, 5) is 35.4. The molecule has 0 aromatic heterocycles. The molecule has 24 heavy (non-hydrogen) atoms. The van der Waals surface area contributed by atoms with E-state index in [1.807, 2.05) is 32.9 Å². The molecule has 0 aliphatic carbocycles. The second-order valence-electron chi connectivity index (χ2n) is 7.03. The first-order valence-corrected chi connectivity index (χ1v) is 7.93. The molecule has 1 aromatic carbocycles. The molecule has 6 heteroatoms. The average molecular weight is 333 g/mol. The van der Waals surface area contributed by atoms with E-state index in [1.165, 1.54) is 0 Å². The summed E-state index contributed by atoms with van der Waals surface area (Å²) in [5, 5.41) is 7.84. The third-order valence-corrected chi connectivity index (χ3v) is 3.48. The lowest BCUT2D eigenvalue weighted by Crippen LogP contribution is -2.43. The number of carbonyl (C=O) groups excluding carboxylic acids is 3. The second-order valence-corrected chi connectivity index (χ2v) is 7.03. The third kappa shape index (κ3) is 6.02. The summed E-state index contributed by atoms with van der Waals surface area (Å²) < 4.78 is 0. The minimum Gasteiger partial charge on any atom is -0.347 e. The Morgan fingerprint density at radius 2 is 1.38 bits per heavy atom. The Bertz CT molecular complexity index is 622. The van der Waals surface area contributed by atoms with Gasteiger partial charge in [-0.1, -0.05) is 38.5 Å². The highest BCUT2D eigenvalue weighted by molar-refractivity contribution is 5.96. The Labute approximate surface area is 143 Å². The fourth-order valence-corrected chi connectivity index (χ4v) is 2.23. The van der Waals surface area contributed by atoms with Gasteiger partial charge in [0, 0.05) is 11.1 Å². The Morgan fingerprint density at radius 1 is 0.875 bits per heavy atom. The van der Waals surface area contributed by atoms with Crippen LogP contribution in [0.5, 0.6) is 0 Å². The number of carbonyl (C=O) groups is 3. The van der Waals surface area contributed by atoms with Crippen molar-refractivity contribution in [1.82, 2.24) is 10.6 Å². The summed E-state index contributed by atoms with van der Waals surface area (Å²) in [5.74, 6) is -0.923. The number of amides is 3. The number of anilines is 1. The first-order chi connectivity index (χ1) is 11.0. The van der Waals surface area contributed by atoms with Crippen LogP contribution in [0.15, 0.2) is 12.1 Å². The minimum absolute atomic E-state index is 0.142. The maximum atomic E-state index is 12.0. The lowest BCUT2D eigenvalue weighted by Gasteiger charge is -2.17. The molecule has 132 valence electrons. The van der Waals surface area contributed by atoms with Gasteiger partial charge >= 0.3 is 0 Å². The van der Waals surface area contributed by atoms with Crippen LogP contribution in [0.1, 0.15) is 37.5 Å². The van der Waals surface area contributed by atoms with Gasteiger partial charge in [-0.25, -0.2) is 0 Å². The van der Waals surface area contributed by atoms with Gasteiger partial charge in [0.2, 0.25) is 17.7 Å². The van der Waals surface area contributed by atoms with Gasteiger partial charge in [0.1, 0.15) is 0 Å². The van der Waals surface area contributed by atoms with Crippen LogP contribution in [0.2, 0.25) is 0 Å². The van der Waals surface area contributed by atoms with Crippen molar-refractivity contribution in [2.45, 2.75) is 41.5 Å². The topological polar surface area (TPSA) is 87.3 Å². The molecule has 0 radical (unpaired) electrons. The molecule has 1 rings (SSSR count). The van der Waals surface area contributed by atoms with Crippen LogP contribution in [-0.4, -0.2) is 30.8 Å². The summed E-state index contributed by atoms with van der Waals surface area (Å²) in [7, 11) is 0. The van der Waals surface area contributed by atoms with Crippen molar-refractivity contribution in [2.75, 3.05) is 18.4 Å². The van der Waals surface area contributed by atoms with Gasteiger partial charge in [-0.15, -0.1) is 0 Å². The summed E-state index contributed by atoms with van der Waals surface area (Å²) in [5.41, 5.74) is 3.29. The second kappa shape index (κ2) is 7.95. The van der Waals surface area contributed by atoms with E-state index in [2.05, 4.69) is 16.0 Å². The number of nitrogens with one attached hydrogen (secondary N) is 3. The molecule has 0 saturated heterocycles. The highest BCUT2D eigenvalue weighted by atomic mass is 16.2. The largest absolute Gasteiger partial charge is 0.347 e. The Hall–Kier alpha value is -2.37. The van der Waals surface area contributed by atoms with Gasteiger partial charge in [0.25, 0.3) is 0 Å². The molecule has 0 heterocycles. The van der Waals surface area contributed by atoms with Crippen LogP contribution in [-0.2, 0) is 14.4 Å². The fourth-order valence-electron chi connectivity index (χ4n) is 2.23. The van der Waals surface area contributed by atoms with Crippen molar-refractivity contribution >= 4 is 23.4 Å². The van der Waals surface area contributed by atoms with E-state index < -0.39 is 11.3 Å². The van der Waals surface area contributed by atoms with Gasteiger partial charge < -0.3 is 16.0 Å². The van der Waals surface area contributed by atoms with E-state index in [0.29, 0.717) is 0 Å². The molecule has 0 spiro atoms. The molecular weight excluding hydrogens is 306 g/mol. The van der Waals surface area contributed by atoms with E-state index in [9.17, 15) is 14.4 Å². The van der Waals surface area contributed by atoms with Crippen LogP contribution >= 0.6 is 0 Å². The summed E-state index contributed by atoms with van der Waals surface area (Å²) >= 11 is 0. The summed E-state index contributed by atoms with van der Waals surface area (Å²) in [6.45, 7) is 10.9. The van der Waals surface area contributed by atoms with Crippen molar-refractivity contribution in [3.63, 3.8) is 0 Å². The van der Waals surface area contributed by atoms with Crippen molar-refractivity contribution < 1.29 is 14.4 Å². The fraction of sp³-hybridized carbons (Fsp3) is 0.500. The maximum absolute atomic E-state index is 12.0. The van der Waals surface area contributed by atoms with Crippen LogP contribution in [0, 0.1) is 26.2 Å². The molecule has 0 atom stereocenters. The van der Waals surface area contributed by atoms with E-state index in [0.717, 1.165) is 22.4 Å². The van der Waals surface area contributed by atoms with Crippen LogP contribution in [0.3, 0.4) is 0 Å². The molecule has 0 fully saturated rings. The molecule has 0 saturated carbocycles. The number of rotatable bonds is 5. The van der Waals surface area contributed by atoms with E-state index in [1.54, 1.807) is 20.8 Å². The van der Waals surface area contributed by atoms with Gasteiger partial charge in [-0.3, -0.25) is 14.4 Å². The van der Waals surface area contributed by atoms with Crippen LogP contribution in [0.25, 0.3) is 0 Å². The third-order valence-electron chi connectivity index (χ3n) is 3.48. The molecule has 0 aliphatic rings. The predicted octanol–water partition coefficient (Wildman–Crippen LogP) is 1.83. The van der Waals surface area contributed by atoms with Gasteiger partial charge in [-0.2, -0.15) is 0 Å². The normalized spacial score (nSPS) is 10.9. The van der Waals surface area contributed by atoms with E-state index in [4.69, 9.17) is 0 Å². The number of aryl methyl sites for hydroxylation is 3. The van der Waals surface area contributed by atoms with Gasteiger partial charge in [0.05, 0.1) is 13.1 Å².